The van der Waals surface area contributed by atoms with Crippen LogP contribution in [0, 0.1) is 0 Å². The van der Waals surface area contributed by atoms with Crippen molar-refractivity contribution in [2.45, 2.75) is 50.7 Å². The highest BCUT2D eigenvalue weighted by Gasteiger charge is 2.43. The van der Waals surface area contributed by atoms with Gasteiger partial charge < -0.3 is 14.6 Å². The maximum absolute atomic E-state index is 11.2. The lowest BCUT2D eigenvalue weighted by Crippen LogP contribution is -2.49. The van der Waals surface area contributed by atoms with E-state index >= 15 is 0 Å². The van der Waals surface area contributed by atoms with Crippen LogP contribution in [0.15, 0.2) is 61.7 Å². The Balaban J connectivity index is 2.23. The summed E-state index contributed by atoms with van der Waals surface area (Å²) in [7, 11) is 0. The maximum Gasteiger partial charge on any atom is 0.168 e. The van der Waals surface area contributed by atoms with E-state index in [0.717, 1.165) is 18.4 Å². The predicted molar refractivity (Wildman–Crippen MR) is 111 cm³/mol. The van der Waals surface area contributed by atoms with Gasteiger partial charge in [-0.25, -0.2) is 0 Å². The van der Waals surface area contributed by atoms with Crippen molar-refractivity contribution in [3.63, 3.8) is 0 Å². The Labute approximate surface area is 163 Å². The quantitative estimate of drug-likeness (QED) is 0.596. The minimum absolute atomic E-state index is 0.237. The van der Waals surface area contributed by atoms with E-state index < -0.39 is 11.9 Å². The highest BCUT2D eigenvalue weighted by Crippen LogP contribution is 2.32. The van der Waals surface area contributed by atoms with Crippen molar-refractivity contribution in [3.8, 4) is 0 Å². The zero-order chi connectivity index (χ0) is 19.7. The Bertz CT molecular complexity index is 599. The average molecular weight is 372 g/mol. The molecule has 1 aromatic rings. The van der Waals surface area contributed by atoms with Crippen LogP contribution in [-0.2, 0) is 9.47 Å². The second kappa shape index (κ2) is 10.6. The van der Waals surface area contributed by atoms with Crippen molar-refractivity contribution in [2.75, 3.05) is 19.7 Å². The average Bonchev–Trinajstić information content (AvgIpc) is 3.14. The number of nitrogens with zero attached hydrogens (tertiary/aromatic N) is 1. The number of aliphatic hydroxyl groups is 1. The molecule has 1 fully saturated rings. The largest absolute Gasteiger partial charge is 0.388 e. The van der Waals surface area contributed by atoms with E-state index in [1.165, 1.54) is 0 Å². The molecular formula is C23H33NO3. The summed E-state index contributed by atoms with van der Waals surface area (Å²) < 4.78 is 12.1. The summed E-state index contributed by atoms with van der Waals surface area (Å²) in [5.41, 5.74) is 1.09. The van der Waals surface area contributed by atoms with Crippen molar-refractivity contribution in [1.82, 2.24) is 4.90 Å². The van der Waals surface area contributed by atoms with E-state index in [9.17, 15) is 5.11 Å². The van der Waals surface area contributed by atoms with Gasteiger partial charge in [0.2, 0.25) is 0 Å². The number of ether oxygens (including phenoxy) is 2. The van der Waals surface area contributed by atoms with Gasteiger partial charge in [0.15, 0.2) is 5.79 Å². The number of hydrogen-bond acceptors (Lipinski definition) is 4. The highest BCUT2D eigenvalue weighted by atomic mass is 16.7. The van der Waals surface area contributed by atoms with Gasteiger partial charge in [-0.15, -0.1) is 13.2 Å². The fourth-order valence-electron chi connectivity index (χ4n) is 3.46. The van der Waals surface area contributed by atoms with Crippen LogP contribution in [0.1, 0.15) is 32.3 Å². The van der Waals surface area contributed by atoms with E-state index in [1.54, 1.807) is 0 Å². The van der Waals surface area contributed by atoms with E-state index in [-0.39, 0.29) is 12.1 Å². The normalized spacial score (nSPS) is 21.4. The van der Waals surface area contributed by atoms with Gasteiger partial charge in [-0.1, -0.05) is 68.5 Å². The molecule has 1 aliphatic heterocycles. The van der Waals surface area contributed by atoms with Crippen molar-refractivity contribution in [1.29, 1.82) is 0 Å². The fourth-order valence-corrected chi connectivity index (χ4v) is 3.46. The van der Waals surface area contributed by atoms with Crippen LogP contribution in [0.25, 0.3) is 6.08 Å². The van der Waals surface area contributed by atoms with Crippen LogP contribution in [0.2, 0.25) is 0 Å². The van der Waals surface area contributed by atoms with Crippen LogP contribution in [0.3, 0.4) is 0 Å². The first kappa shape index (κ1) is 21.6. The molecule has 4 heteroatoms. The Kier molecular flexibility index (Phi) is 8.45. The first-order valence-corrected chi connectivity index (χ1v) is 9.78. The zero-order valence-corrected chi connectivity index (χ0v) is 16.6. The molecule has 0 radical (unpaired) electrons. The van der Waals surface area contributed by atoms with E-state index in [1.807, 2.05) is 68.5 Å². The third-order valence-corrected chi connectivity index (χ3v) is 5.12. The molecule has 0 unspecified atom stereocenters. The summed E-state index contributed by atoms with van der Waals surface area (Å²) >= 11 is 0. The molecule has 1 aliphatic rings. The lowest BCUT2D eigenvalue weighted by atomic mass is 10.0. The summed E-state index contributed by atoms with van der Waals surface area (Å²) in [6, 6.07) is 9.84. The molecule has 0 spiro atoms. The molecule has 3 atom stereocenters. The molecule has 0 aliphatic carbocycles. The number of rotatable bonds is 11. The number of aliphatic hydroxyl groups excluding tert-OH is 1. The third kappa shape index (κ3) is 5.63. The minimum Gasteiger partial charge on any atom is -0.388 e. The first-order valence-electron chi connectivity index (χ1n) is 9.78. The molecule has 4 nitrogen and oxygen atoms in total. The van der Waals surface area contributed by atoms with Crippen LogP contribution < -0.4 is 0 Å². The Morgan fingerprint density at radius 1 is 1.19 bits per heavy atom. The van der Waals surface area contributed by atoms with Gasteiger partial charge in [-0.2, -0.15) is 0 Å². The Morgan fingerprint density at radius 3 is 2.33 bits per heavy atom. The molecule has 2 rings (SSSR count). The van der Waals surface area contributed by atoms with Crippen LogP contribution >= 0.6 is 0 Å². The van der Waals surface area contributed by atoms with Crippen LogP contribution in [0.4, 0.5) is 0 Å². The smallest absolute Gasteiger partial charge is 0.168 e. The molecule has 1 saturated heterocycles. The highest BCUT2D eigenvalue weighted by molar-refractivity contribution is 5.49. The van der Waals surface area contributed by atoms with Gasteiger partial charge >= 0.3 is 0 Å². The van der Waals surface area contributed by atoms with Crippen LogP contribution in [-0.4, -0.2) is 53.7 Å². The van der Waals surface area contributed by atoms with Gasteiger partial charge in [0.05, 0.1) is 12.6 Å². The monoisotopic (exact) mass is 371 g/mol. The first-order chi connectivity index (χ1) is 13.1. The summed E-state index contributed by atoms with van der Waals surface area (Å²) in [5, 5.41) is 11.2. The second-order valence-corrected chi connectivity index (χ2v) is 6.87. The summed E-state index contributed by atoms with van der Waals surface area (Å²) in [5.74, 6) is -0.582. The summed E-state index contributed by atoms with van der Waals surface area (Å²) in [4.78, 5) is 2.13. The zero-order valence-electron chi connectivity index (χ0n) is 16.6. The number of hydrogen-bond donors (Lipinski definition) is 1. The van der Waals surface area contributed by atoms with E-state index in [2.05, 4.69) is 18.1 Å². The summed E-state index contributed by atoms with van der Waals surface area (Å²) in [6.07, 6.45) is 8.20. The fraction of sp³-hybridized carbons (Fsp3) is 0.478. The van der Waals surface area contributed by atoms with Gasteiger partial charge in [-0.3, -0.25) is 4.90 Å². The maximum atomic E-state index is 11.2. The third-order valence-electron chi connectivity index (χ3n) is 5.12. The molecule has 148 valence electrons. The minimum atomic E-state index is -0.718. The molecule has 1 aromatic carbocycles. The molecule has 0 aromatic heterocycles. The Morgan fingerprint density at radius 2 is 1.81 bits per heavy atom. The topological polar surface area (TPSA) is 41.9 Å². The molecule has 1 heterocycles. The van der Waals surface area contributed by atoms with Crippen molar-refractivity contribution < 1.29 is 14.6 Å². The lowest BCUT2D eigenvalue weighted by Gasteiger charge is -2.34. The lowest BCUT2D eigenvalue weighted by molar-refractivity contribution is -0.184. The van der Waals surface area contributed by atoms with Gasteiger partial charge in [0, 0.05) is 13.1 Å². The van der Waals surface area contributed by atoms with E-state index in [0.29, 0.717) is 19.7 Å². The molecular weight excluding hydrogens is 338 g/mol. The summed E-state index contributed by atoms with van der Waals surface area (Å²) in [6.45, 7) is 13.5. The molecule has 1 N–H and O–H groups in total. The van der Waals surface area contributed by atoms with Crippen molar-refractivity contribution in [3.05, 3.63) is 67.3 Å². The Hall–Kier alpha value is -1.72. The standard InChI is InChI=1S/C23H33NO3/c1-5-16-24(17-6-2)20(15-14-19-12-10-9-11-13-19)22(25)21-18-26-23(7-3,8-4)27-21/h5-6,9-15,20-22,25H,1-2,7-8,16-18H2,3-4H3/b15-14+/t20-,21+,22-/m0/s1. The molecule has 0 saturated carbocycles. The van der Waals surface area contributed by atoms with Crippen molar-refractivity contribution in [2.24, 2.45) is 0 Å². The predicted octanol–water partition coefficient (Wildman–Crippen LogP) is 4.04. The van der Waals surface area contributed by atoms with Gasteiger partial charge in [0.25, 0.3) is 0 Å². The van der Waals surface area contributed by atoms with Gasteiger partial charge in [0.1, 0.15) is 12.2 Å². The molecule has 27 heavy (non-hydrogen) atoms. The molecule has 0 bridgehead atoms. The SMILES string of the molecule is C=CCN(CC=C)[C@@H](/C=C/c1ccccc1)[C@H](O)[C@H]1COC(CC)(CC)O1. The van der Waals surface area contributed by atoms with Crippen LogP contribution in [0.5, 0.6) is 0 Å². The number of benzene rings is 1. The van der Waals surface area contributed by atoms with Crippen molar-refractivity contribution >= 4 is 6.08 Å². The second-order valence-electron chi connectivity index (χ2n) is 6.87. The van der Waals surface area contributed by atoms with Gasteiger partial charge in [-0.05, 0) is 18.4 Å². The molecule has 0 amide bonds. The van der Waals surface area contributed by atoms with E-state index in [4.69, 9.17) is 9.47 Å².